The smallest absolute Gasteiger partial charge is 0.230 e. The van der Waals surface area contributed by atoms with Crippen LogP contribution in [-0.4, -0.2) is 11.8 Å². The van der Waals surface area contributed by atoms with Crippen molar-refractivity contribution in [3.8, 4) is 0 Å². The first-order valence-corrected chi connectivity index (χ1v) is 4.79. The van der Waals surface area contributed by atoms with Gasteiger partial charge < -0.3 is 0 Å². The zero-order valence-electron chi connectivity index (χ0n) is 8.63. The molecule has 2 amide bonds. The van der Waals surface area contributed by atoms with E-state index in [1.165, 1.54) is 0 Å². The molecule has 1 N–H and O–H groups in total. The summed E-state index contributed by atoms with van der Waals surface area (Å²) < 4.78 is 0. The maximum atomic E-state index is 11.4. The fraction of sp³-hybridized carbons (Fsp3) is 0.800. The summed E-state index contributed by atoms with van der Waals surface area (Å²) in [7, 11) is 0. The van der Waals surface area contributed by atoms with Gasteiger partial charge in [-0.2, -0.15) is 0 Å². The molecule has 0 aromatic heterocycles. The molecule has 1 aliphatic heterocycles. The second-order valence-corrected chi connectivity index (χ2v) is 4.39. The number of carbonyl (C=O) groups is 2. The Morgan fingerprint density at radius 3 is 1.46 bits per heavy atom. The molecule has 74 valence electrons. The van der Waals surface area contributed by atoms with E-state index in [1.807, 2.05) is 27.7 Å². The molecule has 3 heteroatoms. The number of rotatable bonds is 2. The number of imide groups is 1. The molecule has 0 aromatic rings. The zero-order chi connectivity index (χ0) is 10.2. The molecule has 0 spiro atoms. The third kappa shape index (κ3) is 1.74. The Kier molecular flexibility index (Phi) is 2.74. The molecule has 3 nitrogen and oxygen atoms in total. The van der Waals surface area contributed by atoms with Crippen LogP contribution in [0.2, 0.25) is 0 Å². The summed E-state index contributed by atoms with van der Waals surface area (Å²) in [5.41, 5.74) is 0. The predicted molar refractivity (Wildman–Crippen MR) is 49.8 cm³/mol. The lowest BCUT2D eigenvalue weighted by molar-refractivity contribution is -0.126. The van der Waals surface area contributed by atoms with Crippen LogP contribution in [0, 0.1) is 23.7 Å². The van der Waals surface area contributed by atoms with Gasteiger partial charge in [-0.1, -0.05) is 27.7 Å². The van der Waals surface area contributed by atoms with E-state index in [1.54, 1.807) is 0 Å². The van der Waals surface area contributed by atoms with E-state index < -0.39 is 0 Å². The molecule has 1 saturated heterocycles. The van der Waals surface area contributed by atoms with E-state index in [-0.39, 0.29) is 35.5 Å². The molecule has 0 radical (unpaired) electrons. The molecular weight excluding hydrogens is 166 g/mol. The number of amides is 2. The third-order valence-corrected chi connectivity index (χ3v) is 2.68. The molecule has 0 aromatic carbocycles. The minimum Gasteiger partial charge on any atom is -0.296 e. The van der Waals surface area contributed by atoms with Crippen molar-refractivity contribution in [2.45, 2.75) is 27.7 Å². The Morgan fingerprint density at radius 1 is 0.923 bits per heavy atom. The lowest BCUT2D eigenvalue weighted by Gasteiger charge is -2.21. The highest BCUT2D eigenvalue weighted by atomic mass is 16.2. The highest BCUT2D eigenvalue weighted by molar-refractivity contribution is 6.05. The van der Waals surface area contributed by atoms with Gasteiger partial charge in [-0.15, -0.1) is 0 Å². The van der Waals surface area contributed by atoms with Crippen LogP contribution >= 0.6 is 0 Å². The number of hydrogen-bond donors (Lipinski definition) is 1. The van der Waals surface area contributed by atoms with Crippen molar-refractivity contribution in [1.82, 2.24) is 5.32 Å². The maximum absolute atomic E-state index is 11.4. The largest absolute Gasteiger partial charge is 0.296 e. The average Bonchev–Trinajstić information content (AvgIpc) is 2.24. The molecule has 2 atom stereocenters. The van der Waals surface area contributed by atoms with Crippen molar-refractivity contribution in [3.05, 3.63) is 0 Å². The highest BCUT2D eigenvalue weighted by Crippen LogP contribution is 2.31. The van der Waals surface area contributed by atoms with E-state index in [0.29, 0.717) is 0 Å². The average molecular weight is 183 g/mol. The van der Waals surface area contributed by atoms with E-state index in [0.717, 1.165) is 0 Å². The summed E-state index contributed by atoms with van der Waals surface area (Å²) in [6, 6.07) is 0. The molecular formula is C10H17NO2. The Labute approximate surface area is 78.9 Å². The second-order valence-electron chi connectivity index (χ2n) is 4.39. The van der Waals surface area contributed by atoms with Gasteiger partial charge in [-0.3, -0.25) is 14.9 Å². The Morgan fingerprint density at radius 2 is 1.23 bits per heavy atom. The van der Waals surface area contributed by atoms with Crippen molar-refractivity contribution in [1.29, 1.82) is 0 Å². The van der Waals surface area contributed by atoms with Crippen LogP contribution in [0.25, 0.3) is 0 Å². The van der Waals surface area contributed by atoms with E-state index in [9.17, 15) is 9.59 Å². The van der Waals surface area contributed by atoms with Gasteiger partial charge >= 0.3 is 0 Å². The van der Waals surface area contributed by atoms with Crippen LogP contribution in [-0.2, 0) is 9.59 Å². The van der Waals surface area contributed by atoms with Crippen LogP contribution in [0.4, 0.5) is 0 Å². The zero-order valence-corrected chi connectivity index (χ0v) is 8.63. The van der Waals surface area contributed by atoms with E-state index >= 15 is 0 Å². The fourth-order valence-electron chi connectivity index (χ4n) is 2.05. The van der Waals surface area contributed by atoms with Crippen molar-refractivity contribution in [2.24, 2.45) is 23.7 Å². The Balaban J connectivity index is 2.90. The lowest BCUT2D eigenvalue weighted by Crippen LogP contribution is -2.27. The van der Waals surface area contributed by atoms with Crippen molar-refractivity contribution in [2.75, 3.05) is 0 Å². The molecule has 1 heterocycles. The summed E-state index contributed by atoms with van der Waals surface area (Å²) in [6.45, 7) is 7.94. The number of carbonyl (C=O) groups excluding carboxylic acids is 2. The molecule has 1 aliphatic rings. The fourth-order valence-corrected chi connectivity index (χ4v) is 2.05. The Bertz CT molecular complexity index is 209. The van der Waals surface area contributed by atoms with Crippen LogP contribution < -0.4 is 5.32 Å². The van der Waals surface area contributed by atoms with Gasteiger partial charge in [0.15, 0.2) is 0 Å². The van der Waals surface area contributed by atoms with E-state index in [2.05, 4.69) is 5.32 Å². The first-order valence-electron chi connectivity index (χ1n) is 4.79. The monoisotopic (exact) mass is 183 g/mol. The minimum absolute atomic E-state index is 0.0984. The van der Waals surface area contributed by atoms with Gasteiger partial charge in [0.25, 0.3) is 0 Å². The van der Waals surface area contributed by atoms with Crippen molar-refractivity contribution < 1.29 is 9.59 Å². The van der Waals surface area contributed by atoms with Gasteiger partial charge in [-0.25, -0.2) is 0 Å². The van der Waals surface area contributed by atoms with Crippen LogP contribution in [0.5, 0.6) is 0 Å². The van der Waals surface area contributed by atoms with Crippen LogP contribution in [0.15, 0.2) is 0 Å². The third-order valence-electron chi connectivity index (χ3n) is 2.68. The second kappa shape index (κ2) is 3.48. The summed E-state index contributed by atoms with van der Waals surface area (Å²) in [5.74, 6) is 0.00935. The molecule has 0 aliphatic carbocycles. The summed E-state index contributed by atoms with van der Waals surface area (Å²) in [4.78, 5) is 22.8. The first-order chi connectivity index (χ1) is 5.95. The normalized spacial score (nSPS) is 28.8. The van der Waals surface area contributed by atoms with Crippen LogP contribution in [0.3, 0.4) is 0 Å². The Hall–Kier alpha value is -0.860. The molecule has 2 unspecified atom stereocenters. The predicted octanol–water partition coefficient (Wildman–Crippen LogP) is 1.19. The van der Waals surface area contributed by atoms with Crippen LogP contribution in [0.1, 0.15) is 27.7 Å². The topological polar surface area (TPSA) is 46.2 Å². The minimum atomic E-state index is -0.132. The van der Waals surface area contributed by atoms with Crippen molar-refractivity contribution >= 4 is 11.8 Å². The maximum Gasteiger partial charge on any atom is 0.230 e. The van der Waals surface area contributed by atoms with Gasteiger partial charge in [0, 0.05) is 0 Å². The van der Waals surface area contributed by atoms with E-state index in [4.69, 9.17) is 0 Å². The van der Waals surface area contributed by atoms with Gasteiger partial charge in [0.1, 0.15) is 0 Å². The molecule has 13 heavy (non-hydrogen) atoms. The van der Waals surface area contributed by atoms with Gasteiger partial charge in [-0.05, 0) is 11.8 Å². The summed E-state index contributed by atoms with van der Waals surface area (Å²) in [5, 5.41) is 2.40. The van der Waals surface area contributed by atoms with Crippen molar-refractivity contribution in [3.63, 3.8) is 0 Å². The SMILES string of the molecule is CC(C)C1C(=O)NC(=O)C1C(C)C. The molecule has 0 bridgehead atoms. The molecule has 0 saturated carbocycles. The molecule has 1 rings (SSSR count). The number of hydrogen-bond acceptors (Lipinski definition) is 2. The highest BCUT2D eigenvalue weighted by Gasteiger charge is 2.44. The summed E-state index contributed by atoms with van der Waals surface area (Å²) >= 11 is 0. The molecule has 1 fully saturated rings. The quantitative estimate of drug-likeness (QED) is 0.653. The van der Waals surface area contributed by atoms with Gasteiger partial charge in [0.2, 0.25) is 11.8 Å². The van der Waals surface area contributed by atoms with Gasteiger partial charge in [0.05, 0.1) is 11.8 Å². The summed E-state index contributed by atoms with van der Waals surface area (Å²) in [6.07, 6.45) is 0. The first kappa shape index (κ1) is 10.2. The lowest BCUT2D eigenvalue weighted by atomic mass is 9.79. The standard InChI is InChI=1S/C10H17NO2/c1-5(2)7-8(6(3)4)10(13)11-9(7)12/h5-8H,1-4H3,(H,11,12,13). The number of nitrogens with one attached hydrogen (secondary N) is 1.